The molecular weight excluding hydrogens is 667 g/mol. The van der Waals surface area contributed by atoms with E-state index < -0.39 is 69.7 Å². The zero-order chi connectivity index (χ0) is 37.0. The molecule has 50 heavy (non-hydrogen) atoms. The smallest absolute Gasteiger partial charge is 0.463 e. The number of carbonyl (C=O) groups is 1. The summed E-state index contributed by atoms with van der Waals surface area (Å²) in [7, 11) is -4.99. The molecule has 1 fully saturated rings. The first-order chi connectivity index (χ1) is 24.0. The lowest BCUT2D eigenvalue weighted by molar-refractivity contribution is -0.220. The number of rotatable bonds is 33. The van der Waals surface area contributed by atoms with Crippen LogP contribution in [0.25, 0.3) is 0 Å². The summed E-state index contributed by atoms with van der Waals surface area (Å²) in [5.41, 5.74) is 0. The van der Waals surface area contributed by atoms with E-state index in [0.29, 0.717) is 6.42 Å². The quantitative estimate of drug-likeness (QED) is 0.0223. The lowest BCUT2D eigenvalue weighted by Gasteiger charge is -2.41. The molecule has 0 radical (unpaired) electrons. The van der Waals surface area contributed by atoms with Crippen LogP contribution in [-0.4, -0.2) is 97.4 Å². The van der Waals surface area contributed by atoms with E-state index in [1.54, 1.807) is 0 Å². The molecule has 0 aromatic rings. The van der Waals surface area contributed by atoms with E-state index in [1.165, 1.54) is 135 Å². The van der Waals surface area contributed by atoms with Crippen molar-refractivity contribution in [2.75, 3.05) is 13.2 Å². The first kappa shape index (κ1) is 47.4. The van der Waals surface area contributed by atoms with E-state index in [2.05, 4.69) is 16.0 Å². The number of unbranched alkanes of at least 4 members (excludes halogenated alkanes) is 24. The van der Waals surface area contributed by atoms with Crippen LogP contribution in [0.5, 0.6) is 0 Å². The predicted molar refractivity (Wildman–Crippen MR) is 193 cm³/mol. The van der Waals surface area contributed by atoms with Crippen LogP contribution in [0, 0.1) is 0 Å². The van der Waals surface area contributed by atoms with Gasteiger partial charge < -0.3 is 40.3 Å². The van der Waals surface area contributed by atoms with Gasteiger partial charge in [0.05, 0.1) is 6.61 Å². The molecule has 0 aliphatic heterocycles. The normalized spacial score (nSPS) is 24.2. The molecule has 7 N–H and O–H groups in total. The molecule has 0 spiro atoms. The third-order valence-corrected chi connectivity index (χ3v) is 10.7. The fourth-order valence-electron chi connectivity index (χ4n) is 6.40. The van der Waals surface area contributed by atoms with E-state index in [0.717, 1.165) is 19.3 Å². The summed E-state index contributed by atoms with van der Waals surface area (Å²) in [4.78, 5) is 21.8. The standard InChI is InChI=1S/C37H73O12P/c1-2-3-4-5-6-7-8-9-10-11-12-13-14-15-16-17-18-19-20-21-22-23-24-25-26-27-31(39)47-28-30(38)29-48-50(45,46)49-37-35(43)33(41)32(40)34(42)36(37)44/h30,32-38,40-44H,2-29H2,1H3,(H,45,46)/t30-,32?,33?,34?,35+,36?,37?/m0/s1. The topological polar surface area (TPSA) is 203 Å². The van der Waals surface area contributed by atoms with Crippen LogP contribution >= 0.6 is 7.82 Å². The molecule has 6 unspecified atom stereocenters. The van der Waals surface area contributed by atoms with Gasteiger partial charge in [-0.05, 0) is 6.42 Å². The van der Waals surface area contributed by atoms with Crippen molar-refractivity contribution in [2.45, 2.75) is 217 Å². The number of aliphatic hydroxyl groups is 6. The highest BCUT2D eigenvalue weighted by Gasteiger charge is 2.51. The summed E-state index contributed by atoms with van der Waals surface area (Å²) < 4.78 is 26.5. The monoisotopic (exact) mass is 740 g/mol. The Morgan fingerprint density at radius 2 is 0.860 bits per heavy atom. The average molecular weight is 741 g/mol. The second-order valence-corrected chi connectivity index (χ2v) is 15.8. The molecular formula is C37H73O12P. The van der Waals surface area contributed by atoms with Crippen LogP contribution in [0.3, 0.4) is 0 Å². The molecule has 0 saturated heterocycles. The van der Waals surface area contributed by atoms with Crippen LogP contribution in [0.15, 0.2) is 0 Å². The van der Waals surface area contributed by atoms with Crippen molar-refractivity contribution < 1.29 is 58.7 Å². The van der Waals surface area contributed by atoms with E-state index >= 15 is 0 Å². The van der Waals surface area contributed by atoms with E-state index in [4.69, 9.17) is 4.74 Å². The zero-order valence-corrected chi connectivity index (χ0v) is 31.9. The Labute approximate surface area is 301 Å². The van der Waals surface area contributed by atoms with Crippen molar-refractivity contribution in [3.8, 4) is 0 Å². The fraction of sp³-hybridized carbons (Fsp3) is 0.973. The van der Waals surface area contributed by atoms with Gasteiger partial charge in [0.15, 0.2) is 0 Å². The van der Waals surface area contributed by atoms with Crippen LogP contribution in [-0.2, 0) is 23.1 Å². The second-order valence-electron chi connectivity index (χ2n) is 14.4. The molecule has 0 heterocycles. The molecule has 12 nitrogen and oxygen atoms in total. The Hall–Kier alpha value is -0.660. The van der Waals surface area contributed by atoms with E-state index in [9.17, 15) is 44.9 Å². The summed E-state index contributed by atoms with van der Waals surface area (Å²) >= 11 is 0. The Morgan fingerprint density at radius 3 is 1.22 bits per heavy atom. The van der Waals surface area contributed by atoms with Gasteiger partial charge in [0.1, 0.15) is 49.3 Å². The first-order valence-corrected chi connectivity index (χ1v) is 21.4. The van der Waals surface area contributed by atoms with Gasteiger partial charge in [-0.2, -0.15) is 0 Å². The van der Waals surface area contributed by atoms with E-state index in [1.807, 2.05) is 0 Å². The molecule has 0 amide bonds. The SMILES string of the molecule is CCCCCCCCCCCCCCCCCCCCCCCCCCCC(=O)OC[C@H](O)COP(=O)(O)OC1C(O)C(O)C(O)C(O)[C@H]1O. The van der Waals surface area contributed by atoms with Crippen molar-refractivity contribution in [3.63, 3.8) is 0 Å². The minimum Gasteiger partial charge on any atom is -0.463 e. The second kappa shape index (κ2) is 29.8. The molecule has 0 aromatic carbocycles. The highest BCUT2D eigenvalue weighted by Crippen LogP contribution is 2.47. The number of ether oxygens (including phenoxy) is 1. The Bertz CT molecular complexity index is 848. The Morgan fingerprint density at radius 1 is 0.540 bits per heavy atom. The molecule has 8 atom stereocenters. The number of phosphoric acid groups is 1. The summed E-state index contributed by atoms with van der Waals surface area (Å²) in [5.74, 6) is -0.503. The van der Waals surface area contributed by atoms with Crippen LogP contribution < -0.4 is 0 Å². The highest BCUT2D eigenvalue weighted by atomic mass is 31.2. The molecule has 1 aliphatic carbocycles. The van der Waals surface area contributed by atoms with Gasteiger partial charge in [0, 0.05) is 6.42 Å². The Balaban J connectivity index is 1.88. The van der Waals surface area contributed by atoms with Crippen LogP contribution in [0.4, 0.5) is 0 Å². The summed E-state index contributed by atoms with van der Waals surface area (Å²) in [6.07, 6.45) is 19.6. The molecule has 1 saturated carbocycles. The largest absolute Gasteiger partial charge is 0.472 e. The minimum atomic E-state index is -4.99. The molecule has 1 aliphatic rings. The molecule has 1 rings (SSSR count). The minimum absolute atomic E-state index is 0.197. The number of phosphoric ester groups is 1. The number of hydrogen-bond acceptors (Lipinski definition) is 11. The predicted octanol–water partition coefficient (Wildman–Crippen LogP) is 6.37. The lowest BCUT2D eigenvalue weighted by Crippen LogP contribution is -2.64. The number of hydrogen-bond donors (Lipinski definition) is 7. The average Bonchev–Trinajstić information content (AvgIpc) is 3.10. The third kappa shape index (κ3) is 23.1. The lowest BCUT2D eigenvalue weighted by atomic mass is 9.85. The van der Waals surface area contributed by atoms with Gasteiger partial charge in [-0.3, -0.25) is 13.8 Å². The van der Waals surface area contributed by atoms with Crippen molar-refractivity contribution in [1.29, 1.82) is 0 Å². The Kier molecular flexibility index (Phi) is 28.2. The zero-order valence-electron chi connectivity index (χ0n) is 31.0. The maximum atomic E-state index is 12.2. The van der Waals surface area contributed by atoms with Crippen molar-refractivity contribution in [1.82, 2.24) is 0 Å². The molecule has 0 aromatic heterocycles. The highest BCUT2D eigenvalue weighted by molar-refractivity contribution is 7.47. The maximum absolute atomic E-state index is 12.2. The van der Waals surface area contributed by atoms with Gasteiger partial charge >= 0.3 is 13.8 Å². The number of carbonyl (C=O) groups excluding carboxylic acids is 1. The molecule has 0 bridgehead atoms. The van der Waals surface area contributed by atoms with Crippen molar-refractivity contribution in [2.24, 2.45) is 0 Å². The van der Waals surface area contributed by atoms with Crippen LogP contribution in [0.1, 0.15) is 174 Å². The van der Waals surface area contributed by atoms with Gasteiger partial charge in [-0.1, -0.05) is 161 Å². The summed E-state index contributed by atoms with van der Waals surface area (Å²) in [6, 6.07) is 0. The molecule has 13 heteroatoms. The molecule has 298 valence electrons. The van der Waals surface area contributed by atoms with Gasteiger partial charge in [-0.25, -0.2) is 4.57 Å². The summed E-state index contributed by atoms with van der Waals surface area (Å²) in [5, 5.41) is 58.8. The van der Waals surface area contributed by atoms with Crippen molar-refractivity contribution in [3.05, 3.63) is 0 Å². The van der Waals surface area contributed by atoms with Crippen molar-refractivity contribution >= 4 is 13.8 Å². The number of aliphatic hydroxyl groups excluding tert-OH is 6. The number of esters is 1. The van der Waals surface area contributed by atoms with Gasteiger partial charge in [0.25, 0.3) is 0 Å². The first-order valence-electron chi connectivity index (χ1n) is 19.9. The third-order valence-electron chi connectivity index (χ3n) is 9.68. The van der Waals surface area contributed by atoms with Gasteiger partial charge in [-0.15, -0.1) is 0 Å². The van der Waals surface area contributed by atoms with Crippen LogP contribution in [0.2, 0.25) is 0 Å². The van der Waals surface area contributed by atoms with Gasteiger partial charge in [0.2, 0.25) is 0 Å². The fourth-order valence-corrected chi connectivity index (χ4v) is 7.38. The summed E-state index contributed by atoms with van der Waals surface area (Å²) in [6.45, 7) is 1.03. The maximum Gasteiger partial charge on any atom is 0.472 e. The van der Waals surface area contributed by atoms with E-state index in [-0.39, 0.29) is 6.42 Å².